The summed E-state index contributed by atoms with van der Waals surface area (Å²) in [6.45, 7) is 21.8. The number of aromatic carboxylic acids is 1. The molecule has 2 aliphatic carbocycles. The fraction of sp³-hybridized carbons (Fsp3) is 0.375. The molecule has 402 valence electrons. The van der Waals surface area contributed by atoms with E-state index in [2.05, 4.69) is 58.0 Å². The summed E-state index contributed by atoms with van der Waals surface area (Å²) in [6, 6.07) is 22.5. The lowest BCUT2D eigenvalue weighted by Crippen LogP contribution is -2.55. The summed E-state index contributed by atoms with van der Waals surface area (Å²) >= 11 is 0. The minimum absolute atomic E-state index is 0.0131. The molecule has 2 atom stereocenters. The van der Waals surface area contributed by atoms with Crippen molar-refractivity contribution in [3.63, 3.8) is 0 Å². The number of methoxy groups -OCH3 is 3. The largest absolute Gasteiger partial charge is 0.545 e. The molecule has 0 amide bonds. The number of carboxylic acid groups (broad SMARTS) is 1. The van der Waals surface area contributed by atoms with Crippen molar-refractivity contribution < 1.29 is 57.3 Å². The first-order valence-corrected chi connectivity index (χ1v) is 26.2. The highest BCUT2D eigenvalue weighted by atomic mass is 16.7. The van der Waals surface area contributed by atoms with E-state index in [1.807, 2.05) is 58.0 Å². The minimum atomic E-state index is -1.44. The van der Waals surface area contributed by atoms with Crippen molar-refractivity contribution >= 4 is 5.97 Å². The Morgan fingerprint density at radius 3 is 1.46 bits per heavy atom. The lowest BCUT2D eigenvalue weighted by Gasteiger charge is -2.52. The van der Waals surface area contributed by atoms with Crippen LogP contribution in [0.1, 0.15) is 156 Å². The molecule has 79 heavy (non-hydrogen) atoms. The molecule has 0 N–H and O–H groups in total. The van der Waals surface area contributed by atoms with Crippen LogP contribution < -0.4 is 43.0 Å². The van der Waals surface area contributed by atoms with Crippen LogP contribution in [0.4, 0.5) is 0 Å². The Hall–Kier alpha value is -8.42. The zero-order valence-corrected chi connectivity index (χ0v) is 46.7. The van der Waals surface area contributed by atoms with Gasteiger partial charge < -0.3 is 57.3 Å². The van der Waals surface area contributed by atoms with Gasteiger partial charge in [-0.2, -0.15) is 15.8 Å². The second-order valence-corrected chi connectivity index (χ2v) is 24.1. The predicted molar refractivity (Wildman–Crippen MR) is 286 cm³/mol. The first kappa shape index (κ1) is 51.3. The number of nitrogens with zero attached hydrogens (tertiary/aromatic N) is 3. The molecule has 4 aliphatic heterocycles. The second kappa shape index (κ2) is 16.8. The van der Waals surface area contributed by atoms with E-state index in [1.54, 1.807) is 41.1 Å². The molecule has 0 aromatic heterocycles. The Morgan fingerprint density at radius 2 is 0.911 bits per heavy atom. The molecule has 0 saturated carbocycles. The summed E-state index contributed by atoms with van der Waals surface area (Å²) in [5.41, 5.74) is 6.34. The average Bonchev–Trinajstić information content (AvgIpc) is 2.69. The van der Waals surface area contributed by atoms with Crippen LogP contribution in [0.25, 0.3) is 0 Å². The quantitative estimate of drug-likeness (QED) is 0.152. The van der Waals surface area contributed by atoms with Gasteiger partial charge in [0.05, 0.1) is 38.5 Å². The molecule has 6 aliphatic rings. The maximum atomic E-state index is 12.4. The molecule has 0 radical (unpaired) electrons. The van der Waals surface area contributed by atoms with Crippen molar-refractivity contribution in [3.05, 3.63) is 132 Å². The number of carbonyl (C=O) groups excluding carboxylic acids is 1. The molecule has 2 spiro atoms. The van der Waals surface area contributed by atoms with Gasteiger partial charge in [-0.1, -0.05) is 27.7 Å². The number of hydrogen-bond donors (Lipinski definition) is 0. The van der Waals surface area contributed by atoms with Crippen LogP contribution in [0.5, 0.6) is 74.7 Å². The molecule has 4 heterocycles. The van der Waals surface area contributed by atoms with Crippen LogP contribution >= 0.6 is 0 Å². The zero-order valence-electron chi connectivity index (χ0n) is 46.7. The molecule has 0 bridgehead atoms. The summed E-state index contributed by atoms with van der Waals surface area (Å²) in [4.78, 5) is 12.4. The summed E-state index contributed by atoms with van der Waals surface area (Å²) in [6.07, 6.45) is 2.21. The maximum Gasteiger partial charge on any atom is 0.193 e. The van der Waals surface area contributed by atoms with Gasteiger partial charge in [0.25, 0.3) is 0 Å². The molecule has 6 aromatic carbocycles. The number of benzene rings is 6. The molecule has 15 nitrogen and oxygen atoms in total. The Kier molecular flexibility index (Phi) is 10.9. The molecule has 15 heteroatoms. The maximum absolute atomic E-state index is 12.4. The molecule has 0 fully saturated rings. The lowest BCUT2D eigenvalue weighted by atomic mass is 9.72. The molecular weight excluding hydrogens is 1000 g/mol. The summed E-state index contributed by atoms with van der Waals surface area (Å²) in [5.74, 6) is 0.980. The molecule has 12 rings (SSSR count). The third kappa shape index (κ3) is 7.23. The van der Waals surface area contributed by atoms with E-state index in [9.17, 15) is 25.7 Å². The van der Waals surface area contributed by atoms with E-state index < -0.39 is 28.4 Å². The van der Waals surface area contributed by atoms with Gasteiger partial charge in [-0.3, -0.25) is 0 Å². The Balaban J connectivity index is 0.894. The van der Waals surface area contributed by atoms with Crippen molar-refractivity contribution in [1.29, 1.82) is 15.8 Å². The highest BCUT2D eigenvalue weighted by Crippen LogP contribution is 2.66. The van der Waals surface area contributed by atoms with Gasteiger partial charge in [-0.15, -0.1) is 0 Å². The van der Waals surface area contributed by atoms with Gasteiger partial charge in [-0.25, -0.2) is 0 Å². The van der Waals surface area contributed by atoms with Crippen molar-refractivity contribution in [2.75, 3.05) is 21.3 Å². The summed E-state index contributed by atoms with van der Waals surface area (Å²) < 4.78 is 64.8. The SMILES string of the molecule is COc1cc2c(cc1OC)C1(CC2(C)C)CC(C)(C)c2cc3c(cc21)Oc1c(C#N)c(Oc2cc4c(cc2OC)CC2(Cc5cc6c(cc5C(C)(C)O2)Oc2c(c(C#N)c(C)c(C)c2C(=O)[O-])O6)OC4(C)C)c(C)c(C#N)c1O3. The number of rotatable bonds is 6. The monoisotopic (exact) mass is 1060 g/mol. The summed E-state index contributed by atoms with van der Waals surface area (Å²) in [5, 5.41) is 44.5. The van der Waals surface area contributed by atoms with Gasteiger partial charge in [0.15, 0.2) is 80.5 Å². The highest BCUT2D eigenvalue weighted by Gasteiger charge is 2.58. The molecule has 2 unspecified atom stereocenters. The first-order valence-electron chi connectivity index (χ1n) is 26.2. The number of carbonyl (C=O) groups is 1. The van der Waals surface area contributed by atoms with Crippen LogP contribution in [0.15, 0.2) is 48.5 Å². The van der Waals surface area contributed by atoms with Gasteiger partial charge in [0, 0.05) is 29.4 Å². The molecule has 6 aromatic rings. The Labute approximate surface area is 458 Å². The van der Waals surface area contributed by atoms with Crippen LogP contribution in [0, 0.1) is 54.8 Å². The van der Waals surface area contributed by atoms with E-state index in [0.29, 0.717) is 51.2 Å². The minimum Gasteiger partial charge on any atom is -0.545 e. The first-order chi connectivity index (χ1) is 37.3. The number of nitriles is 3. The predicted octanol–water partition coefficient (Wildman–Crippen LogP) is 12.9. The second-order valence-electron chi connectivity index (χ2n) is 24.1. The van der Waals surface area contributed by atoms with E-state index in [0.717, 1.165) is 46.2 Å². The van der Waals surface area contributed by atoms with Crippen molar-refractivity contribution in [1.82, 2.24) is 0 Å². The van der Waals surface area contributed by atoms with Gasteiger partial charge in [0.1, 0.15) is 34.9 Å². The van der Waals surface area contributed by atoms with Crippen molar-refractivity contribution in [3.8, 4) is 93.0 Å². The van der Waals surface area contributed by atoms with E-state index >= 15 is 0 Å². The van der Waals surface area contributed by atoms with Gasteiger partial charge in [-0.05, 0) is 176 Å². The lowest BCUT2D eigenvalue weighted by molar-refractivity contribution is -0.335. The number of fused-ring (bicyclic) bond motifs is 10. The van der Waals surface area contributed by atoms with Crippen LogP contribution in [-0.4, -0.2) is 33.1 Å². The normalized spacial score (nSPS) is 20.9. The number of carboxylic acids is 1. The van der Waals surface area contributed by atoms with Crippen LogP contribution in [0.2, 0.25) is 0 Å². The zero-order chi connectivity index (χ0) is 56.4. The summed E-state index contributed by atoms with van der Waals surface area (Å²) in [7, 11) is 4.84. The number of hydrogen-bond acceptors (Lipinski definition) is 15. The van der Waals surface area contributed by atoms with Crippen molar-refractivity contribution in [2.24, 2.45) is 0 Å². The molecule has 0 saturated heterocycles. The number of ether oxygens (including phenoxy) is 10. The van der Waals surface area contributed by atoms with E-state index in [-0.39, 0.29) is 86.2 Å². The standard InChI is InChI=1S/C64H59N3O12/c1-30-31(2)52(58(68)69)57-55(35(30)25-65)74-47-16-34-24-64(79-62(10,11)39(34)18-49(47)77-57)23-33-15-44(70-12)48(17-38(33)61(8,9)78-64)73-53-32(3)36(26-66)54-56(37(53)27-67)76-51-22-43-41(20-50(51)75-54)60(6,7)29-63(43)28-59(4,5)40-19-45(71-13)46(72-14)21-42(40)63/h15-22H,23-24,28-29H2,1-14H3,(H,68,69)/p-1. The van der Waals surface area contributed by atoms with E-state index in [4.69, 9.17) is 47.4 Å². The van der Waals surface area contributed by atoms with Gasteiger partial charge >= 0.3 is 0 Å². The fourth-order valence-electron chi connectivity index (χ4n) is 14.1. The Bertz CT molecular complexity index is 3920. The smallest absolute Gasteiger partial charge is 0.193 e. The van der Waals surface area contributed by atoms with Crippen molar-refractivity contribution in [2.45, 2.75) is 135 Å². The highest BCUT2D eigenvalue weighted by molar-refractivity contribution is 5.94. The van der Waals surface area contributed by atoms with Crippen LogP contribution in [0.3, 0.4) is 0 Å². The average molecular weight is 1060 g/mol. The molecular formula is C64H58N3O12-. The van der Waals surface area contributed by atoms with E-state index in [1.165, 1.54) is 18.2 Å². The topological polar surface area (TPSA) is 204 Å². The fourth-order valence-corrected chi connectivity index (χ4v) is 14.1. The Morgan fingerprint density at radius 1 is 0.506 bits per heavy atom. The van der Waals surface area contributed by atoms with Crippen LogP contribution in [-0.2, 0) is 49.8 Å². The third-order valence-electron chi connectivity index (χ3n) is 17.4. The van der Waals surface area contributed by atoms with Gasteiger partial charge in [0.2, 0.25) is 0 Å². The third-order valence-corrected chi connectivity index (χ3v) is 17.4.